The lowest BCUT2D eigenvalue weighted by molar-refractivity contribution is -0.115. The van der Waals surface area contributed by atoms with Crippen molar-refractivity contribution in [3.8, 4) is 5.69 Å². The van der Waals surface area contributed by atoms with Crippen LogP contribution in [0, 0.1) is 0 Å². The number of nitrogens with one attached hydrogen (secondary N) is 3. The molecule has 0 aliphatic heterocycles. The van der Waals surface area contributed by atoms with Gasteiger partial charge in [0.05, 0.1) is 29.3 Å². The molecule has 1 heterocycles. The molecule has 0 bridgehead atoms. The Labute approximate surface area is 170 Å². The first-order valence-corrected chi connectivity index (χ1v) is 8.93. The van der Waals surface area contributed by atoms with Crippen LogP contribution in [0.1, 0.15) is 6.92 Å². The highest BCUT2D eigenvalue weighted by atomic mass is 35.5. The van der Waals surface area contributed by atoms with Crippen molar-refractivity contribution in [1.29, 1.82) is 0 Å². The Bertz CT molecular complexity index is 1010. The van der Waals surface area contributed by atoms with E-state index in [1.807, 2.05) is 0 Å². The van der Waals surface area contributed by atoms with Crippen molar-refractivity contribution in [3.05, 3.63) is 59.1 Å². The molecule has 2 aromatic carbocycles. The highest BCUT2D eigenvalue weighted by molar-refractivity contribution is 6.31. The van der Waals surface area contributed by atoms with Gasteiger partial charge in [0.25, 0.3) is 0 Å². The van der Waals surface area contributed by atoms with Crippen molar-refractivity contribution in [2.75, 3.05) is 22.5 Å². The lowest BCUT2D eigenvalue weighted by Gasteiger charge is -2.14. The number of benzene rings is 2. The quantitative estimate of drug-likeness (QED) is 0.567. The number of rotatable bonds is 6. The van der Waals surface area contributed by atoms with Crippen LogP contribution in [0.5, 0.6) is 0 Å². The summed E-state index contributed by atoms with van der Waals surface area (Å²) in [4.78, 5) is 27.7. The molecule has 0 radical (unpaired) electrons. The molecule has 0 aliphatic carbocycles. The molecular formula is C18H16Cl2N6O2. The summed E-state index contributed by atoms with van der Waals surface area (Å²) in [5.74, 6) is -0.552. The second-order valence-corrected chi connectivity index (χ2v) is 6.65. The summed E-state index contributed by atoms with van der Waals surface area (Å²) in [6, 6.07) is 9.97. The van der Waals surface area contributed by atoms with Gasteiger partial charge in [0.1, 0.15) is 12.7 Å². The average Bonchev–Trinajstić information content (AvgIpc) is 3.16. The van der Waals surface area contributed by atoms with Gasteiger partial charge >= 0.3 is 0 Å². The van der Waals surface area contributed by atoms with Crippen LogP contribution in [-0.4, -0.2) is 33.1 Å². The molecular weight excluding hydrogens is 403 g/mol. The first kappa shape index (κ1) is 19.7. The zero-order chi connectivity index (χ0) is 20.1. The van der Waals surface area contributed by atoms with E-state index in [1.54, 1.807) is 36.4 Å². The van der Waals surface area contributed by atoms with Gasteiger partial charge in [-0.1, -0.05) is 23.2 Å². The first-order chi connectivity index (χ1) is 13.4. The lowest BCUT2D eigenvalue weighted by atomic mass is 10.2. The number of hydrogen-bond donors (Lipinski definition) is 3. The van der Waals surface area contributed by atoms with Gasteiger partial charge in [0, 0.05) is 17.0 Å². The van der Waals surface area contributed by atoms with Gasteiger partial charge in [-0.3, -0.25) is 9.59 Å². The zero-order valence-corrected chi connectivity index (χ0v) is 16.3. The van der Waals surface area contributed by atoms with E-state index in [0.29, 0.717) is 32.8 Å². The van der Waals surface area contributed by atoms with E-state index in [4.69, 9.17) is 23.2 Å². The summed E-state index contributed by atoms with van der Waals surface area (Å²) < 4.78 is 1.52. The van der Waals surface area contributed by atoms with Crippen LogP contribution in [0.15, 0.2) is 49.1 Å². The molecule has 10 heteroatoms. The van der Waals surface area contributed by atoms with Gasteiger partial charge in [-0.15, -0.1) is 0 Å². The van der Waals surface area contributed by atoms with Crippen LogP contribution >= 0.6 is 23.2 Å². The fourth-order valence-corrected chi connectivity index (χ4v) is 2.82. The molecule has 3 rings (SSSR count). The summed E-state index contributed by atoms with van der Waals surface area (Å²) >= 11 is 12.1. The predicted octanol–water partition coefficient (Wildman–Crippen LogP) is 3.58. The summed E-state index contributed by atoms with van der Waals surface area (Å²) in [6.45, 7) is 1.34. The Morgan fingerprint density at radius 2 is 1.71 bits per heavy atom. The number of nitrogens with zero attached hydrogens (tertiary/aromatic N) is 3. The smallest absolute Gasteiger partial charge is 0.243 e. The highest BCUT2D eigenvalue weighted by Crippen LogP contribution is 2.26. The molecule has 0 fully saturated rings. The fraction of sp³-hybridized carbons (Fsp3) is 0.111. The maximum atomic E-state index is 12.5. The van der Waals surface area contributed by atoms with E-state index in [9.17, 15) is 9.59 Å². The van der Waals surface area contributed by atoms with E-state index >= 15 is 0 Å². The SMILES string of the molecule is CC(=O)Nc1ccc(Cl)cc1NCC(=O)Nc1cc(Cl)ccc1-n1cncn1. The van der Waals surface area contributed by atoms with Gasteiger partial charge in [-0.25, -0.2) is 9.67 Å². The Balaban J connectivity index is 1.73. The van der Waals surface area contributed by atoms with Crippen LogP contribution in [0.25, 0.3) is 5.69 Å². The number of carbonyl (C=O) groups excluding carboxylic acids is 2. The van der Waals surface area contributed by atoms with Crippen molar-refractivity contribution in [3.63, 3.8) is 0 Å². The van der Waals surface area contributed by atoms with E-state index < -0.39 is 0 Å². The Morgan fingerprint density at radius 1 is 1.00 bits per heavy atom. The first-order valence-electron chi connectivity index (χ1n) is 8.18. The van der Waals surface area contributed by atoms with Crippen LogP contribution in [0.2, 0.25) is 10.0 Å². The van der Waals surface area contributed by atoms with Crippen LogP contribution in [-0.2, 0) is 9.59 Å². The number of aromatic nitrogens is 3. The topological polar surface area (TPSA) is 101 Å². The molecule has 0 atom stereocenters. The van der Waals surface area contributed by atoms with Gasteiger partial charge in [0.2, 0.25) is 11.8 Å². The molecule has 0 saturated carbocycles. The number of anilines is 3. The second-order valence-electron chi connectivity index (χ2n) is 5.77. The number of hydrogen-bond acceptors (Lipinski definition) is 5. The minimum absolute atomic E-state index is 0.0593. The monoisotopic (exact) mass is 418 g/mol. The lowest BCUT2D eigenvalue weighted by Crippen LogP contribution is -2.23. The highest BCUT2D eigenvalue weighted by Gasteiger charge is 2.12. The normalized spacial score (nSPS) is 10.4. The molecule has 3 aromatic rings. The molecule has 8 nitrogen and oxygen atoms in total. The van der Waals surface area contributed by atoms with Crippen molar-refractivity contribution in [2.45, 2.75) is 6.92 Å². The second kappa shape index (κ2) is 8.73. The van der Waals surface area contributed by atoms with E-state index in [0.717, 1.165) is 0 Å². The van der Waals surface area contributed by atoms with Crippen LogP contribution < -0.4 is 16.0 Å². The van der Waals surface area contributed by atoms with Crippen molar-refractivity contribution in [1.82, 2.24) is 14.8 Å². The van der Waals surface area contributed by atoms with Crippen LogP contribution in [0.3, 0.4) is 0 Å². The molecule has 28 heavy (non-hydrogen) atoms. The predicted molar refractivity (Wildman–Crippen MR) is 109 cm³/mol. The van der Waals surface area contributed by atoms with Gasteiger partial charge in [-0.05, 0) is 36.4 Å². The van der Waals surface area contributed by atoms with Gasteiger partial charge in [0.15, 0.2) is 0 Å². The summed E-state index contributed by atoms with van der Waals surface area (Å²) in [5, 5.41) is 13.4. The summed E-state index contributed by atoms with van der Waals surface area (Å²) in [6.07, 6.45) is 2.91. The standard InChI is InChI=1S/C18H16Cl2N6O2/c1-11(27)24-14-4-2-12(19)6-15(14)22-8-18(28)25-16-7-13(20)3-5-17(16)26-10-21-9-23-26/h2-7,9-10,22H,8H2,1H3,(H,24,27)(H,25,28). The number of carbonyl (C=O) groups is 2. The van der Waals surface area contributed by atoms with Crippen molar-refractivity contribution >= 4 is 52.1 Å². The summed E-state index contributed by atoms with van der Waals surface area (Å²) in [7, 11) is 0. The van der Waals surface area contributed by atoms with Gasteiger partial charge in [-0.2, -0.15) is 5.10 Å². The molecule has 0 unspecified atom stereocenters. The maximum Gasteiger partial charge on any atom is 0.243 e. The minimum atomic E-state index is -0.322. The zero-order valence-electron chi connectivity index (χ0n) is 14.7. The van der Waals surface area contributed by atoms with Crippen molar-refractivity contribution < 1.29 is 9.59 Å². The van der Waals surface area contributed by atoms with Crippen molar-refractivity contribution in [2.24, 2.45) is 0 Å². The van der Waals surface area contributed by atoms with Crippen LogP contribution in [0.4, 0.5) is 17.1 Å². The molecule has 1 aromatic heterocycles. The van der Waals surface area contributed by atoms with Gasteiger partial charge < -0.3 is 16.0 Å². The number of amides is 2. The molecule has 2 amide bonds. The largest absolute Gasteiger partial charge is 0.374 e. The molecule has 144 valence electrons. The third-order valence-electron chi connectivity index (χ3n) is 3.63. The Kier molecular flexibility index (Phi) is 6.13. The maximum absolute atomic E-state index is 12.5. The third-order valence-corrected chi connectivity index (χ3v) is 4.10. The fourth-order valence-electron chi connectivity index (χ4n) is 2.47. The Hall–Kier alpha value is -3.10. The Morgan fingerprint density at radius 3 is 2.39 bits per heavy atom. The number of halogens is 2. The molecule has 3 N–H and O–H groups in total. The third kappa shape index (κ3) is 4.99. The summed E-state index contributed by atoms with van der Waals surface area (Å²) in [5.41, 5.74) is 2.16. The van der Waals surface area contributed by atoms with E-state index in [-0.39, 0.29) is 18.4 Å². The molecule has 0 saturated heterocycles. The average molecular weight is 419 g/mol. The molecule has 0 spiro atoms. The van der Waals surface area contributed by atoms with E-state index in [2.05, 4.69) is 26.0 Å². The molecule has 0 aliphatic rings. The minimum Gasteiger partial charge on any atom is -0.374 e. The van der Waals surface area contributed by atoms with E-state index in [1.165, 1.54) is 24.3 Å².